The number of hydrogen-bond donors (Lipinski definition) is 6. The number of nitrogens with one attached hydrogen (secondary N) is 6. The predicted molar refractivity (Wildman–Crippen MR) is 324 cm³/mol. The minimum atomic E-state index is -1.42. The molecule has 0 aliphatic heterocycles. The van der Waals surface area contributed by atoms with Crippen LogP contribution in [-0.4, -0.2) is 190 Å². The maximum absolute atomic E-state index is 12.9. The van der Waals surface area contributed by atoms with E-state index in [4.69, 9.17) is 37.9 Å². The van der Waals surface area contributed by atoms with Crippen molar-refractivity contribution in [2.75, 3.05) is 132 Å². The van der Waals surface area contributed by atoms with Crippen molar-refractivity contribution in [1.29, 1.82) is 0 Å². The summed E-state index contributed by atoms with van der Waals surface area (Å²) < 4.78 is 42.9. The lowest BCUT2D eigenvalue weighted by molar-refractivity contribution is -0.870. The van der Waals surface area contributed by atoms with Gasteiger partial charge in [0.2, 0.25) is 0 Å². The first-order valence-electron chi connectivity index (χ1n) is 29.3. The number of carbonyl (C=O) groups is 10. The van der Waals surface area contributed by atoms with Gasteiger partial charge in [-0.3, -0.25) is 28.8 Å². The monoisotopic (exact) mass is 1270 g/mol. The Balaban J connectivity index is 0.0000270. The van der Waals surface area contributed by atoms with Crippen LogP contribution in [0.2, 0.25) is 0 Å². The molecule has 0 bridgehead atoms. The molecule has 0 radical (unpaired) electrons. The maximum Gasteiger partial charge on any atom is 0.508 e. The zero-order chi connectivity index (χ0) is 65.2. The molecule has 2 atom stereocenters. The van der Waals surface area contributed by atoms with E-state index < -0.39 is 72.3 Å². The third-order valence-corrected chi connectivity index (χ3v) is 13.0. The van der Waals surface area contributed by atoms with Gasteiger partial charge < -0.3 is 91.2 Å². The van der Waals surface area contributed by atoms with E-state index in [9.17, 15) is 47.9 Å². The third-order valence-electron chi connectivity index (χ3n) is 13.0. The van der Waals surface area contributed by atoms with Crippen LogP contribution in [-0.2, 0) is 70.2 Å². The molecule has 6 N–H and O–H groups in total. The van der Waals surface area contributed by atoms with Crippen LogP contribution in [0.1, 0.15) is 111 Å². The lowest BCUT2D eigenvalue weighted by Gasteiger charge is -2.27. The quantitative estimate of drug-likeness (QED) is 0.0205. The van der Waals surface area contributed by atoms with Crippen LogP contribution in [0.25, 0.3) is 0 Å². The maximum atomic E-state index is 12.9. The van der Waals surface area contributed by atoms with Crippen LogP contribution in [0.4, 0.5) is 30.6 Å². The summed E-state index contributed by atoms with van der Waals surface area (Å²) in [5.74, 6) is -3.19. The van der Waals surface area contributed by atoms with Gasteiger partial charge in [-0.1, -0.05) is 24.3 Å². The summed E-state index contributed by atoms with van der Waals surface area (Å²) in [7, 11) is 12.1. The molecule has 0 aliphatic rings. The fraction of sp³-hybridized carbons (Fsp3) is 0.548. The van der Waals surface area contributed by atoms with Gasteiger partial charge in [-0.25, -0.2) is 19.2 Å². The van der Waals surface area contributed by atoms with Crippen LogP contribution in [0.5, 0.6) is 0 Å². The van der Waals surface area contributed by atoms with Crippen molar-refractivity contribution in [1.82, 2.24) is 21.3 Å². The van der Waals surface area contributed by atoms with E-state index in [-0.39, 0.29) is 77.0 Å². The van der Waals surface area contributed by atoms with Gasteiger partial charge in [0.25, 0.3) is 11.8 Å². The van der Waals surface area contributed by atoms with Gasteiger partial charge in [0, 0.05) is 75.4 Å². The highest BCUT2D eigenvalue weighted by molar-refractivity contribution is 5.98. The minimum Gasteiger partial charge on any atom is -1.00 e. The van der Waals surface area contributed by atoms with Crippen molar-refractivity contribution >= 4 is 71.4 Å². The largest absolute Gasteiger partial charge is 1.00 e. The molecule has 0 heterocycles. The number of ether oxygens (including phenoxy) is 8. The lowest BCUT2D eigenvalue weighted by Crippen LogP contribution is -3.00. The number of anilines is 2. The predicted octanol–water partition coefficient (Wildman–Crippen LogP) is 3.86. The molecule has 3 aromatic carbocycles. The molecule has 0 spiro atoms. The summed E-state index contributed by atoms with van der Waals surface area (Å²) in [6, 6.07) is 19.3. The Hall–Kier alpha value is -8.23. The van der Waals surface area contributed by atoms with Gasteiger partial charge in [0.15, 0.2) is 0 Å². The number of nitrogens with zero attached hydrogens (tertiary/aromatic N) is 2. The average molecular weight is 1270 g/mol. The van der Waals surface area contributed by atoms with Gasteiger partial charge in [0.05, 0.1) is 81.8 Å². The van der Waals surface area contributed by atoms with Crippen molar-refractivity contribution in [2.45, 2.75) is 92.2 Å². The standard InChI is InChI=1S/C62H90N8O18.ClH/c1-45(71)85-41-61(3,55(75)81-37-17-33-69(5,6)7)43-87-59(79)83-35-15-11-13-31-63-57(77)67-51-27-19-47(20-28-51)39-65-53(73)49-23-25-50(26-24-49)54(74)66-40-48-21-29-52(30-22-48)68-58(78)64-32-14-12-16-36-84-60(80)88-44-62(4,42-86-46(2)72)56(76)82-38-18-34-70(8,9)10;/h19-30H,11-18,31-44H2,1-10H3,(H4-2,63,64,65,66,67,68,73,74,77,78);1H/p+1. The van der Waals surface area contributed by atoms with Crippen molar-refractivity contribution in [3.63, 3.8) is 0 Å². The second kappa shape index (κ2) is 39.6. The van der Waals surface area contributed by atoms with Gasteiger partial charge >= 0.3 is 48.3 Å². The first-order valence-corrected chi connectivity index (χ1v) is 29.3. The number of carbonyl (C=O) groups excluding carboxylic acids is 10. The Morgan fingerprint density at radius 3 is 1.04 bits per heavy atom. The van der Waals surface area contributed by atoms with E-state index in [1.54, 1.807) is 72.8 Å². The Bertz CT molecular complexity index is 2560. The topological polar surface area (TPSA) is 317 Å². The molecule has 494 valence electrons. The summed E-state index contributed by atoms with van der Waals surface area (Å²) in [5.41, 5.74) is 0.514. The van der Waals surface area contributed by atoms with Crippen molar-refractivity contribution in [2.24, 2.45) is 10.8 Å². The van der Waals surface area contributed by atoms with E-state index in [2.05, 4.69) is 31.9 Å². The average Bonchev–Trinajstić information content (AvgIpc) is 3.35. The van der Waals surface area contributed by atoms with Crippen LogP contribution < -0.4 is 44.3 Å². The highest BCUT2D eigenvalue weighted by atomic mass is 35.5. The zero-order valence-corrected chi connectivity index (χ0v) is 53.9. The number of esters is 4. The smallest absolute Gasteiger partial charge is 0.508 e. The summed E-state index contributed by atoms with van der Waals surface area (Å²) in [6.45, 7) is 7.03. The number of quaternary nitrogens is 2. The molecule has 0 aromatic heterocycles. The molecule has 6 amide bonds. The Morgan fingerprint density at radius 2 is 0.719 bits per heavy atom. The lowest BCUT2D eigenvalue weighted by atomic mass is 9.93. The van der Waals surface area contributed by atoms with E-state index in [1.807, 2.05) is 42.3 Å². The summed E-state index contributed by atoms with van der Waals surface area (Å²) in [4.78, 5) is 124. The van der Waals surface area contributed by atoms with E-state index in [0.717, 1.165) is 24.2 Å². The highest BCUT2D eigenvalue weighted by Gasteiger charge is 2.40. The number of urea groups is 2. The molecule has 3 aromatic rings. The number of halogens is 1. The van der Waals surface area contributed by atoms with Crippen molar-refractivity contribution in [3.05, 3.63) is 95.1 Å². The first kappa shape index (κ1) is 76.9. The fourth-order valence-corrected chi connectivity index (χ4v) is 7.74. The minimum absolute atomic E-state index is 0. The van der Waals surface area contributed by atoms with Gasteiger partial charge in [-0.2, -0.15) is 0 Å². The third kappa shape index (κ3) is 33.6. The van der Waals surface area contributed by atoms with Crippen LogP contribution in [0.3, 0.4) is 0 Å². The molecular formula is C62H92ClN8O18+. The number of rotatable bonds is 38. The van der Waals surface area contributed by atoms with Gasteiger partial charge in [0.1, 0.15) is 37.3 Å². The van der Waals surface area contributed by atoms with E-state index in [0.29, 0.717) is 95.9 Å². The first-order chi connectivity index (χ1) is 41.5. The molecule has 0 saturated heterocycles. The Morgan fingerprint density at radius 1 is 0.393 bits per heavy atom. The Kier molecular flexibility index (Phi) is 34.2. The number of hydrogen-bond acceptors (Lipinski definition) is 18. The molecule has 0 fully saturated rings. The number of amides is 6. The zero-order valence-electron chi connectivity index (χ0n) is 53.1. The van der Waals surface area contributed by atoms with Crippen molar-refractivity contribution in [3.8, 4) is 0 Å². The van der Waals surface area contributed by atoms with Crippen molar-refractivity contribution < 1.29 is 107 Å². The van der Waals surface area contributed by atoms with E-state index >= 15 is 0 Å². The summed E-state index contributed by atoms with van der Waals surface area (Å²) >= 11 is 0. The second-order valence-corrected chi connectivity index (χ2v) is 23.7. The summed E-state index contributed by atoms with van der Waals surface area (Å²) in [6.07, 6.45) is 2.74. The number of unbranched alkanes of at least 4 members (excludes halogenated alkanes) is 4. The molecule has 0 saturated carbocycles. The molecule has 26 nitrogen and oxygen atoms in total. The normalized spacial score (nSPS) is 12.3. The molecule has 27 heteroatoms. The Labute approximate surface area is 528 Å². The molecule has 2 unspecified atom stereocenters. The molecular weight excluding hydrogens is 1180 g/mol. The van der Waals surface area contributed by atoms with Gasteiger partial charge in [-0.05, 0) is 112 Å². The fourth-order valence-electron chi connectivity index (χ4n) is 7.74. The van der Waals surface area contributed by atoms with Gasteiger partial charge in [-0.15, -0.1) is 0 Å². The highest BCUT2D eigenvalue weighted by Crippen LogP contribution is 2.23. The number of benzene rings is 3. The molecule has 0 aliphatic carbocycles. The van der Waals surface area contributed by atoms with Crippen LogP contribution in [0.15, 0.2) is 72.8 Å². The van der Waals surface area contributed by atoms with Crippen LogP contribution >= 0.6 is 0 Å². The summed E-state index contributed by atoms with van der Waals surface area (Å²) in [5, 5.41) is 16.8. The van der Waals surface area contributed by atoms with E-state index in [1.165, 1.54) is 27.7 Å². The van der Waals surface area contributed by atoms with Crippen LogP contribution in [0, 0.1) is 10.8 Å². The second-order valence-electron chi connectivity index (χ2n) is 23.7. The molecule has 89 heavy (non-hydrogen) atoms. The molecule has 3 rings (SSSR count). The SMILES string of the molecule is CC(=O)OCC(C)(COC(=O)OCCCCCNC(=O)Nc1ccc(CNC(=O)c2ccc(C(=O)NCc3ccc(NC(=O)NCCCCCOC(=O)OCC(C)(COC(C)=O)C(=O)OCCC[N+](C)(C)C)cc3)cc2)cc1)C(=O)OCCC[N+](C)(C)C.[Cl-].